The summed E-state index contributed by atoms with van der Waals surface area (Å²) in [6, 6.07) is 4.04. The second-order valence-electron chi connectivity index (χ2n) is 4.86. The van der Waals surface area contributed by atoms with Crippen LogP contribution in [-0.2, 0) is 13.0 Å². The molecule has 0 bridgehead atoms. The first-order valence-electron chi connectivity index (χ1n) is 6.27. The van der Waals surface area contributed by atoms with Gasteiger partial charge in [0, 0.05) is 35.2 Å². The van der Waals surface area contributed by atoms with Crippen molar-refractivity contribution in [2.24, 2.45) is 5.92 Å². The van der Waals surface area contributed by atoms with Gasteiger partial charge in [-0.2, -0.15) is 0 Å². The SMILES string of the molecule is CC(C)Cc1cc(NCc2cncc(Br)c2)ncn1. The first-order chi connectivity index (χ1) is 9.13. The Hall–Kier alpha value is -1.49. The first kappa shape index (κ1) is 13.9. The Balaban J connectivity index is 1.99. The minimum atomic E-state index is 0.594. The number of hydrogen-bond donors (Lipinski definition) is 1. The standard InChI is InChI=1S/C14H17BrN4/c1-10(2)3-13-5-14(19-9-18-13)17-7-11-4-12(15)8-16-6-11/h4-6,8-10H,3,7H2,1-2H3,(H,17,18,19). The summed E-state index contributed by atoms with van der Waals surface area (Å²) < 4.78 is 0.981. The van der Waals surface area contributed by atoms with Crippen LogP contribution in [-0.4, -0.2) is 15.0 Å². The maximum absolute atomic E-state index is 4.28. The van der Waals surface area contributed by atoms with Crippen LogP contribution in [0.2, 0.25) is 0 Å². The summed E-state index contributed by atoms with van der Waals surface area (Å²) in [5, 5.41) is 3.29. The van der Waals surface area contributed by atoms with E-state index in [0.29, 0.717) is 12.5 Å². The average molecular weight is 321 g/mol. The zero-order valence-electron chi connectivity index (χ0n) is 11.1. The molecular formula is C14H17BrN4. The molecule has 0 saturated heterocycles. The summed E-state index contributed by atoms with van der Waals surface area (Å²) in [4.78, 5) is 12.6. The highest BCUT2D eigenvalue weighted by Crippen LogP contribution is 2.12. The van der Waals surface area contributed by atoms with Gasteiger partial charge in [-0.15, -0.1) is 0 Å². The Morgan fingerprint density at radius 1 is 1.21 bits per heavy atom. The number of anilines is 1. The predicted octanol–water partition coefficient (Wildman–Crippen LogP) is 3.44. The predicted molar refractivity (Wildman–Crippen MR) is 79.8 cm³/mol. The summed E-state index contributed by atoms with van der Waals surface area (Å²) in [6.07, 6.45) is 6.19. The number of nitrogens with one attached hydrogen (secondary N) is 1. The van der Waals surface area contributed by atoms with E-state index in [1.165, 1.54) is 0 Å². The van der Waals surface area contributed by atoms with E-state index in [9.17, 15) is 0 Å². The highest BCUT2D eigenvalue weighted by Gasteiger charge is 2.02. The van der Waals surface area contributed by atoms with E-state index in [4.69, 9.17) is 0 Å². The van der Waals surface area contributed by atoms with Crippen molar-refractivity contribution in [1.82, 2.24) is 15.0 Å². The molecule has 100 valence electrons. The van der Waals surface area contributed by atoms with Gasteiger partial charge in [0.15, 0.2) is 0 Å². The Bertz CT molecular complexity index is 542. The van der Waals surface area contributed by atoms with Gasteiger partial charge in [-0.3, -0.25) is 4.98 Å². The fourth-order valence-electron chi connectivity index (χ4n) is 1.77. The summed E-state index contributed by atoms with van der Waals surface area (Å²) in [6.45, 7) is 5.06. The van der Waals surface area contributed by atoms with E-state index in [-0.39, 0.29) is 0 Å². The van der Waals surface area contributed by atoms with Crippen LogP contribution in [0.15, 0.2) is 35.3 Å². The lowest BCUT2D eigenvalue weighted by Gasteiger charge is -2.08. The Labute approximate surface area is 121 Å². The third-order valence-electron chi connectivity index (χ3n) is 2.58. The Morgan fingerprint density at radius 3 is 2.79 bits per heavy atom. The fraction of sp³-hybridized carbons (Fsp3) is 0.357. The topological polar surface area (TPSA) is 50.7 Å². The van der Waals surface area contributed by atoms with E-state index < -0.39 is 0 Å². The largest absolute Gasteiger partial charge is 0.366 e. The van der Waals surface area contributed by atoms with Gasteiger partial charge in [-0.05, 0) is 39.9 Å². The molecule has 0 aliphatic heterocycles. The number of hydrogen-bond acceptors (Lipinski definition) is 4. The molecular weight excluding hydrogens is 304 g/mol. The van der Waals surface area contributed by atoms with Crippen LogP contribution >= 0.6 is 15.9 Å². The molecule has 0 aliphatic rings. The molecule has 0 aromatic carbocycles. The Kier molecular flexibility index (Phi) is 4.85. The van der Waals surface area contributed by atoms with Crippen molar-refractivity contribution in [1.29, 1.82) is 0 Å². The van der Waals surface area contributed by atoms with Crippen LogP contribution in [0.1, 0.15) is 25.1 Å². The van der Waals surface area contributed by atoms with E-state index in [2.05, 4.69) is 50.0 Å². The number of rotatable bonds is 5. The maximum atomic E-state index is 4.28. The molecule has 2 aromatic heterocycles. The molecule has 0 amide bonds. The third-order valence-corrected chi connectivity index (χ3v) is 3.01. The first-order valence-corrected chi connectivity index (χ1v) is 7.07. The normalized spacial score (nSPS) is 10.7. The van der Waals surface area contributed by atoms with Gasteiger partial charge in [0.05, 0.1) is 0 Å². The van der Waals surface area contributed by atoms with Crippen molar-refractivity contribution < 1.29 is 0 Å². The van der Waals surface area contributed by atoms with Crippen molar-refractivity contribution in [3.8, 4) is 0 Å². The second-order valence-corrected chi connectivity index (χ2v) is 5.77. The maximum Gasteiger partial charge on any atom is 0.129 e. The number of halogens is 1. The highest BCUT2D eigenvalue weighted by molar-refractivity contribution is 9.10. The monoisotopic (exact) mass is 320 g/mol. The average Bonchev–Trinajstić information content (AvgIpc) is 2.36. The lowest BCUT2D eigenvalue weighted by molar-refractivity contribution is 0.634. The Morgan fingerprint density at radius 2 is 2.05 bits per heavy atom. The van der Waals surface area contributed by atoms with Crippen molar-refractivity contribution in [2.45, 2.75) is 26.8 Å². The highest BCUT2D eigenvalue weighted by atomic mass is 79.9. The van der Waals surface area contributed by atoms with Crippen molar-refractivity contribution in [3.63, 3.8) is 0 Å². The minimum absolute atomic E-state index is 0.594. The molecule has 5 heteroatoms. The van der Waals surface area contributed by atoms with E-state index >= 15 is 0 Å². The molecule has 0 radical (unpaired) electrons. The molecule has 1 N–H and O–H groups in total. The summed E-state index contributed by atoms with van der Waals surface area (Å²) in [5.41, 5.74) is 2.18. The molecule has 19 heavy (non-hydrogen) atoms. The van der Waals surface area contributed by atoms with Crippen LogP contribution in [0.5, 0.6) is 0 Å². The number of aromatic nitrogens is 3. The van der Waals surface area contributed by atoms with Crippen LogP contribution in [0.25, 0.3) is 0 Å². The molecule has 2 rings (SSSR count). The smallest absolute Gasteiger partial charge is 0.129 e. The van der Waals surface area contributed by atoms with Crippen molar-refractivity contribution in [3.05, 3.63) is 46.6 Å². The quantitative estimate of drug-likeness (QED) is 0.916. The zero-order valence-corrected chi connectivity index (χ0v) is 12.7. The molecule has 0 atom stereocenters. The summed E-state index contributed by atoms with van der Waals surface area (Å²) in [7, 11) is 0. The van der Waals surface area contributed by atoms with E-state index in [0.717, 1.165) is 28.0 Å². The van der Waals surface area contributed by atoms with Crippen LogP contribution in [0.4, 0.5) is 5.82 Å². The third kappa shape index (κ3) is 4.59. The van der Waals surface area contributed by atoms with Crippen molar-refractivity contribution >= 4 is 21.7 Å². The minimum Gasteiger partial charge on any atom is -0.366 e. The van der Waals surface area contributed by atoms with Gasteiger partial charge in [-0.25, -0.2) is 9.97 Å². The van der Waals surface area contributed by atoms with Gasteiger partial charge in [0.2, 0.25) is 0 Å². The zero-order chi connectivity index (χ0) is 13.7. The lowest BCUT2D eigenvalue weighted by atomic mass is 10.1. The van der Waals surface area contributed by atoms with Gasteiger partial charge in [0.1, 0.15) is 12.1 Å². The van der Waals surface area contributed by atoms with Gasteiger partial charge in [0.25, 0.3) is 0 Å². The van der Waals surface area contributed by atoms with Crippen LogP contribution in [0, 0.1) is 5.92 Å². The van der Waals surface area contributed by atoms with E-state index in [1.807, 2.05) is 18.3 Å². The van der Waals surface area contributed by atoms with Crippen LogP contribution in [0.3, 0.4) is 0 Å². The fourth-order valence-corrected chi connectivity index (χ4v) is 2.18. The summed E-state index contributed by atoms with van der Waals surface area (Å²) >= 11 is 3.41. The van der Waals surface area contributed by atoms with Crippen LogP contribution < -0.4 is 5.32 Å². The second kappa shape index (κ2) is 6.61. The summed E-state index contributed by atoms with van der Waals surface area (Å²) in [5.74, 6) is 1.45. The van der Waals surface area contributed by atoms with Gasteiger partial charge in [-0.1, -0.05) is 13.8 Å². The molecule has 0 unspecified atom stereocenters. The molecule has 0 aliphatic carbocycles. The van der Waals surface area contributed by atoms with Crippen molar-refractivity contribution in [2.75, 3.05) is 5.32 Å². The lowest BCUT2D eigenvalue weighted by Crippen LogP contribution is -2.04. The molecule has 0 fully saturated rings. The molecule has 2 heterocycles. The number of pyridine rings is 1. The van der Waals surface area contributed by atoms with Gasteiger partial charge >= 0.3 is 0 Å². The molecule has 2 aromatic rings. The van der Waals surface area contributed by atoms with Gasteiger partial charge < -0.3 is 5.32 Å². The molecule has 0 saturated carbocycles. The molecule has 4 nitrogen and oxygen atoms in total. The molecule has 0 spiro atoms. The number of nitrogens with zero attached hydrogens (tertiary/aromatic N) is 3. The van der Waals surface area contributed by atoms with E-state index in [1.54, 1.807) is 12.5 Å².